The van der Waals surface area contributed by atoms with Gasteiger partial charge in [0.25, 0.3) is 0 Å². The molecule has 5 nitrogen and oxygen atoms in total. The minimum Gasteiger partial charge on any atom is -0.496 e. The molecule has 2 amide bonds. The molecule has 2 aromatic rings. The van der Waals surface area contributed by atoms with Gasteiger partial charge in [-0.15, -0.1) is 0 Å². The van der Waals surface area contributed by atoms with E-state index in [1.807, 2.05) is 55.5 Å². The molecule has 27 heavy (non-hydrogen) atoms. The zero-order chi connectivity index (χ0) is 19.4. The van der Waals surface area contributed by atoms with Crippen LogP contribution in [-0.4, -0.2) is 30.9 Å². The number of para-hydroxylation sites is 2. The average molecular weight is 366 g/mol. The van der Waals surface area contributed by atoms with Crippen molar-refractivity contribution in [1.82, 2.24) is 4.90 Å². The molecule has 1 N–H and O–H groups in total. The van der Waals surface area contributed by atoms with E-state index >= 15 is 0 Å². The molecule has 0 fully saturated rings. The monoisotopic (exact) mass is 366 g/mol. The highest BCUT2D eigenvalue weighted by molar-refractivity contribution is 5.96. The fourth-order valence-corrected chi connectivity index (χ4v) is 3.56. The molecule has 142 valence electrons. The third-order valence-electron chi connectivity index (χ3n) is 5.38. The number of anilines is 1. The fourth-order valence-electron chi connectivity index (χ4n) is 3.56. The Morgan fingerprint density at radius 1 is 1.22 bits per heavy atom. The largest absolute Gasteiger partial charge is 0.496 e. The van der Waals surface area contributed by atoms with E-state index in [-0.39, 0.29) is 23.8 Å². The number of hydrogen-bond donors (Lipinski definition) is 1. The molecule has 1 heterocycles. The lowest BCUT2D eigenvalue weighted by Gasteiger charge is -2.28. The molecule has 1 aliphatic heterocycles. The van der Waals surface area contributed by atoms with Crippen LogP contribution in [0, 0.1) is 5.92 Å². The van der Waals surface area contributed by atoms with Gasteiger partial charge in [0.15, 0.2) is 0 Å². The van der Waals surface area contributed by atoms with E-state index in [0.29, 0.717) is 19.3 Å². The third kappa shape index (κ3) is 4.13. The molecule has 0 saturated carbocycles. The Balaban J connectivity index is 1.61. The number of hydrogen-bond acceptors (Lipinski definition) is 3. The van der Waals surface area contributed by atoms with Gasteiger partial charge in [-0.1, -0.05) is 36.4 Å². The van der Waals surface area contributed by atoms with Crippen LogP contribution in [0.25, 0.3) is 0 Å². The van der Waals surface area contributed by atoms with Crippen molar-refractivity contribution in [3.8, 4) is 5.75 Å². The van der Waals surface area contributed by atoms with Crippen molar-refractivity contribution >= 4 is 17.5 Å². The number of methoxy groups -OCH3 is 1. The molecule has 2 aromatic carbocycles. The first kappa shape index (κ1) is 19.0. The summed E-state index contributed by atoms with van der Waals surface area (Å²) in [7, 11) is 3.43. The molecule has 0 spiro atoms. The van der Waals surface area contributed by atoms with Crippen LogP contribution < -0.4 is 10.1 Å². The normalized spacial score (nSPS) is 16.9. The molecule has 0 aliphatic carbocycles. The van der Waals surface area contributed by atoms with Crippen molar-refractivity contribution in [3.05, 3.63) is 59.7 Å². The summed E-state index contributed by atoms with van der Waals surface area (Å²) in [5.41, 5.74) is 2.98. The van der Waals surface area contributed by atoms with E-state index in [1.165, 1.54) is 0 Å². The van der Waals surface area contributed by atoms with Crippen molar-refractivity contribution in [2.45, 2.75) is 32.2 Å². The Hall–Kier alpha value is -2.82. The standard InChI is InChI=1S/C22H26N2O3/c1-15(18-9-5-7-11-20(18)27-3)24(2)21(25)13-12-17-14-16-8-4-6-10-19(16)23-22(17)26/h4-11,15,17H,12-14H2,1-3H3,(H,23,26). The van der Waals surface area contributed by atoms with Crippen LogP contribution in [0.5, 0.6) is 5.75 Å². The molecule has 2 atom stereocenters. The molecular formula is C22H26N2O3. The lowest BCUT2D eigenvalue weighted by Crippen LogP contribution is -2.33. The molecule has 5 heteroatoms. The van der Waals surface area contributed by atoms with Crippen LogP contribution in [0.15, 0.2) is 48.5 Å². The van der Waals surface area contributed by atoms with Gasteiger partial charge in [-0.25, -0.2) is 0 Å². The van der Waals surface area contributed by atoms with E-state index in [0.717, 1.165) is 22.6 Å². The summed E-state index contributed by atoms with van der Waals surface area (Å²) in [6.45, 7) is 1.99. The van der Waals surface area contributed by atoms with Crippen LogP contribution in [0.1, 0.15) is 36.9 Å². The number of carbonyl (C=O) groups is 2. The minimum absolute atomic E-state index is 0.00179. The third-order valence-corrected chi connectivity index (χ3v) is 5.38. The molecule has 0 aromatic heterocycles. The molecule has 0 bridgehead atoms. The van der Waals surface area contributed by atoms with Gasteiger partial charge in [0.1, 0.15) is 5.75 Å². The van der Waals surface area contributed by atoms with Crippen LogP contribution in [0.2, 0.25) is 0 Å². The number of fused-ring (bicyclic) bond motifs is 1. The summed E-state index contributed by atoms with van der Waals surface area (Å²) in [4.78, 5) is 26.8. The summed E-state index contributed by atoms with van der Waals surface area (Å²) in [5.74, 6) is 0.633. The maximum Gasteiger partial charge on any atom is 0.227 e. The second-order valence-corrected chi connectivity index (χ2v) is 7.01. The van der Waals surface area contributed by atoms with Gasteiger partial charge in [0, 0.05) is 30.6 Å². The lowest BCUT2D eigenvalue weighted by atomic mass is 9.89. The van der Waals surface area contributed by atoms with Gasteiger partial charge in [-0.3, -0.25) is 9.59 Å². The predicted octanol–water partition coefficient (Wildman–Crippen LogP) is 3.81. The number of nitrogens with one attached hydrogen (secondary N) is 1. The number of ether oxygens (including phenoxy) is 1. The summed E-state index contributed by atoms with van der Waals surface area (Å²) in [6.07, 6.45) is 1.57. The molecule has 3 rings (SSSR count). The maximum absolute atomic E-state index is 12.7. The Morgan fingerprint density at radius 2 is 1.93 bits per heavy atom. The first-order valence-electron chi connectivity index (χ1n) is 9.28. The minimum atomic E-state index is -0.168. The number of benzene rings is 2. The number of rotatable bonds is 6. The van der Waals surface area contributed by atoms with Crippen molar-refractivity contribution in [3.63, 3.8) is 0 Å². The number of carbonyl (C=O) groups excluding carboxylic acids is 2. The second kappa shape index (κ2) is 8.25. The van der Waals surface area contributed by atoms with Crippen LogP contribution in [0.4, 0.5) is 5.69 Å². The smallest absolute Gasteiger partial charge is 0.227 e. The van der Waals surface area contributed by atoms with Gasteiger partial charge < -0.3 is 15.0 Å². The van der Waals surface area contributed by atoms with Gasteiger partial charge in [-0.05, 0) is 37.5 Å². The summed E-state index contributed by atoms with van der Waals surface area (Å²) < 4.78 is 5.41. The Bertz CT molecular complexity index is 834. The highest BCUT2D eigenvalue weighted by Gasteiger charge is 2.27. The van der Waals surface area contributed by atoms with E-state index in [4.69, 9.17) is 4.74 Å². The first-order valence-corrected chi connectivity index (χ1v) is 9.28. The molecule has 0 radical (unpaired) electrons. The zero-order valence-corrected chi connectivity index (χ0v) is 16.1. The van der Waals surface area contributed by atoms with Crippen LogP contribution >= 0.6 is 0 Å². The molecule has 0 saturated heterocycles. The van der Waals surface area contributed by atoms with E-state index in [1.54, 1.807) is 19.1 Å². The van der Waals surface area contributed by atoms with Crippen molar-refractivity contribution < 1.29 is 14.3 Å². The zero-order valence-electron chi connectivity index (χ0n) is 16.1. The van der Waals surface area contributed by atoms with E-state index in [9.17, 15) is 9.59 Å². The summed E-state index contributed by atoms with van der Waals surface area (Å²) >= 11 is 0. The highest BCUT2D eigenvalue weighted by atomic mass is 16.5. The van der Waals surface area contributed by atoms with Gasteiger partial charge >= 0.3 is 0 Å². The molecule has 1 aliphatic rings. The van der Waals surface area contributed by atoms with Crippen LogP contribution in [0.3, 0.4) is 0 Å². The first-order chi connectivity index (χ1) is 13.0. The van der Waals surface area contributed by atoms with Crippen molar-refractivity contribution in [2.75, 3.05) is 19.5 Å². The summed E-state index contributed by atoms with van der Waals surface area (Å²) in [6, 6.07) is 15.4. The summed E-state index contributed by atoms with van der Waals surface area (Å²) in [5, 5.41) is 2.95. The van der Waals surface area contributed by atoms with Crippen LogP contribution in [-0.2, 0) is 16.0 Å². The molecule has 2 unspecified atom stereocenters. The Labute approximate surface area is 160 Å². The van der Waals surface area contributed by atoms with E-state index < -0.39 is 0 Å². The lowest BCUT2D eigenvalue weighted by molar-refractivity contribution is -0.132. The number of amides is 2. The van der Waals surface area contributed by atoms with Gasteiger partial charge in [0.2, 0.25) is 11.8 Å². The van der Waals surface area contributed by atoms with E-state index in [2.05, 4.69) is 5.32 Å². The number of nitrogens with zero attached hydrogens (tertiary/aromatic N) is 1. The average Bonchev–Trinajstić information content (AvgIpc) is 2.70. The quantitative estimate of drug-likeness (QED) is 0.846. The second-order valence-electron chi connectivity index (χ2n) is 7.01. The Morgan fingerprint density at radius 3 is 2.70 bits per heavy atom. The van der Waals surface area contributed by atoms with Crippen molar-refractivity contribution in [2.24, 2.45) is 5.92 Å². The van der Waals surface area contributed by atoms with Crippen molar-refractivity contribution in [1.29, 1.82) is 0 Å². The predicted molar refractivity (Wildman–Crippen MR) is 106 cm³/mol. The fraction of sp³-hybridized carbons (Fsp3) is 0.364. The highest BCUT2D eigenvalue weighted by Crippen LogP contribution is 2.30. The Kier molecular flexibility index (Phi) is 5.79. The maximum atomic E-state index is 12.7. The SMILES string of the molecule is COc1ccccc1C(C)N(C)C(=O)CCC1Cc2ccccc2NC1=O. The van der Waals surface area contributed by atoms with Gasteiger partial charge in [-0.2, -0.15) is 0 Å². The van der Waals surface area contributed by atoms with Gasteiger partial charge in [0.05, 0.1) is 13.2 Å². The molecular weight excluding hydrogens is 340 g/mol. The topological polar surface area (TPSA) is 58.6 Å².